The predicted octanol–water partition coefficient (Wildman–Crippen LogP) is 4.13. The van der Waals surface area contributed by atoms with Crippen molar-refractivity contribution in [3.05, 3.63) is 41.2 Å². The fourth-order valence-electron chi connectivity index (χ4n) is 2.43. The van der Waals surface area contributed by atoms with Crippen molar-refractivity contribution >= 4 is 52.6 Å². The Kier molecular flexibility index (Phi) is 10.3. The summed E-state index contributed by atoms with van der Waals surface area (Å²) in [6.45, 7) is 2.05. The lowest BCUT2D eigenvalue weighted by atomic mass is 10.2. The molecule has 2 rings (SSSR count). The van der Waals surface area contributed by atoms with Gasteiger partial charge in [0.2, 0.25) is 5.91 Å². The number of benzene rings is 1. The van der Waals surface area contributed by atoms with Gasteiger partial charge in [0, 0.05) is 17.5 Å². The summed E-state index contributed by atoms with van der Waals surface area (Å²) in [5, 5.41) is 6.21. The van der Waals surface area contributed by atoms with Gasteiger partial charge in [0.1, 0.15) is 11.8 Å². The van der Waals surface area contributed by atoms with E-state index in [0.717, 1.165) is 12.2 Å². The maximum absolute atomic E-state index is 12.8. The normalized spacial score (nSPS) is 11.6. The van der Waals surface area contributed by atoms with Crippen LogP contribution in [0.4, 0.5) is 5.69 Å². The van der Waals surface area contributed by atoms with Crippen LogP contribution >= 0.6 is 35.1 Å². The molecule has 2 amide bonds. The Labute approximate surface area is 190 Å². The fourth-order valence-corrected chi connectivity index (χ4v) is 3.75. The summed E-state index contributed by atoms with van der Waals surface area (Å²) in [7, 11) is 1.56. The van der Waals surface area contributed by atoms with E-state index in [1.807, 2.05) is 13.2 Å². The Morgan fingerprint density at radius 3 is 2.80 bits per heavy atom. The molecule has 0 saturated heterocycles. The Hall–Kier alpha value is -1.97. The summed E-state index contributed by atoms with van der Waals surface area (Å²) in [4.78, 5) is 34.1. The number of rotatable bonds is 11. The molecule has 0 saturated carbocycles. The van der Waals surface area contributed by atoms with Gasteiger partial charge >= 0.3 is 0 Å². The van der Waals surface area contributed by atoms with Crippen LogP contribution in [0.5, 0.6) is 5.75 Å². The standard InChI is InChI=1S/C20H25ClN4O3S2/c1-4-9-30-20-22-12-15(21)17(25-20)19(27)24-16(8-10-29-3)18(26)23-13-6-5-7-14(11-13)28-2/h5-7,11-12,16H,4,8-10H2,1-3H3,(H,23,26)(H,24,27)/t16-/m1/s1. The number of amides is 2. The summed E-state index contributed by atoms with van der Waals surface area (Å²) < 4.78 is 5.18. The van der Waals surface area contributed by atoms with Crippen molar-refractivity contribution in [3.63, 3.8) is 0 Å². The summed E-state index contributed by atoms with van der Waals surface area (Å²) in [6.07, 6.45) is 4.77. The first kappa shape index (κ1) is 24.3. The van der Waals surface area contributed by atoms with Crippen molar-refractivity contribution in [1.29, 1.82) is 0 Å². The predicted molar refractivity (Wildman–Crippen MR) is 124 cm³/mol. The highest BCUT2D eigenvalue weighted by Crippen LogP contribution is 2.20. The minimum atomic E-state index is -0.742. The molecule has 0 aliphatic carbocycles. The molecule has 162 valence electrons. The Morgan fingerprint density at radius 1 is 1.30 bits per heavy atom. The monoisotopic (exact) mass is 468 g/mol. The van der Waals surface area contributed by atoms with Crippen LogP contribution in [0, 0.1) is 0 Å². The van der Waals surface area contributed by atoms with E-state index >= 15 is 0 Å². The van der Waals surface area contributed by atoms with E-state index in [2.05, 4.69) is 20.6 Å². The van der Waals surface area contributed by atoms with Gasteiger partial charge in [0.25, 0.3) is 5.91 Å². The zero-order valence-electron chi connectivity index (χ0n) is 17.1. The molecule has 0 bridgehead atoms. The zero-order chi connectivity index (χ0) is 21.9. The van der Waals surface area contributed by atoms with E-state index in [0.29, 0.717) is 28.8 Å². The van der Waals surface area contributed by atoms with Gasteiger partial charge in [-0.15, -0.1) is 0 Å². The minimum absolute atomic E-state index is 0.0635. The van der Waals surface area contributed by atoms with Crippen molar-refractivity contribution in [1.82, 2.24) is 15.3 Å². The number of halogens is 1. The number of carbonyl (C=O) groups excluding carboxylic acids is 2. The number of ether oxygens (including phenoxy) is 1. The van der Waals surface area contributed by atoms with E-state index in [-0.39, 0.29) is 16.6 Å². The lowest BCUT2D eigenvalue weighted by Gasteiger charge is -2.18. The second-order valence-corrected chi connectivity index (χ2v) is 8.68. The number of aromatic nitrogens is 2. The molecule has 30 heavy (non-hydrogen) atoms. The smallest absolute Gasteiger partial charge is 0.272 e. The maximum atomic E-state index is 12.8. The molecule has 7 nitrogen and oxygen atoms in total. The van der Waals surface area contributed by atoms with Crippen LogP contribution in [0.2, 0.25) is 5.02 Å². The Morgan fingerprint density at radius 2 is 2.10 bits per heavy atom. The van der Waals surface area contributed by atoms with Crippen molar-refractivity contribution < 1.29 is 14.3 Å². The maximum Gasteiger partial charge on any atom is 0.272 e. The summed E-state index contributed by atoms with van der Waals surface area (Å²) in [5.74, 6) is 1.33. The minimum Gasteiger partial charge on any atom is -0.497 e. The number of thioether (sulfide) groups is 2. The van der Waals surface area contributed by atoms with Crippen molar-refractivity contribution in [3.8, 4) is 5.75 Å². The van der Waals surface area contributed by atoms with Crippen LogP contribution in [0.1, 0.15) is 30.3 Å². The number of nitrogens with one attached hydrogen (secondary N) is 2. The van der Waals surface area contributed by atoms with Gasteiger partial charge in [-0.3, -0.25) is 9.59 Å². The average Bonchev–Trinajstić information content (AvgIpc) is 2.75. The molecule has 0 aliphatic heterocycles. The largest absolute Gasteiger partial charge is 0.497 e. The quantitative estimate of drug-likeness (QED) is 0.378. The van der Waals surface area contributed by atoms with Crippen LogP contribution < -0.4 is 15.4 Å². The van der Waals surface area contributed by atoms with Crippen LogP contribution in [-0.2, 0) is 4.79 Å². The molecule has 1 aromatic carbocycles. The highest BCUT2D eigenvalue weighted by atomic mass is 35.5. The summed E-state index contributed by atoms with van der Waals surface area (Å²) >= 11 is 9.18. The molecule has 0 aliphatic rings. The molecule has 0 spiro atoms. The Balaban J connectivity index is 2.14. The van der Waals surface area contributed by atoms with Crippen LogP contribution in [-0.4, -0.2) is 52.7 Å². The lowest BCUT2D eigenvalue weighted by molar-refractivity contribution is -0.118. The topological polar surface area (TPSA) is 93.2 Å². The van der Waals surface area contributed by atoms with Crippen molar-refractivity contribution in [2.45, 2.75) is 31.0 Å². The van der Waals surface area contributed by atoms with Crippen molar-refractivity contribution in [2.75, 3.05) is 30.2 Å². The van der Waals surface area contributed by atoms with E-state index in [4.69, 9.17) is 16.3 Å². The van der Waals surface area contributed by atoms with Crippen LogP contribution in [0.15, 0.2) is 35.6 Å². The number of carbonyl (C=O) groups is 2. The van der Waals surface area contributed by atoms with E-state index in [9.17, 15) is 9.59 Å². The molecule has 2 aromatic rings. The first-order valence-corrected chi connectivity index (χ1v) is 12.1. The number of methoxy groups -OCH3 is 1. The SMILES string of the molecule is CCCSc1ncc(Cl)c(C(=O)N[C@H](CCSC)C(=O)Nc2cccc(OC)c2)n1. The second-order valence-electron chi connectivity index (χ2n) is 6.23. The van der Waals surface area contributed by atoms with Gasteiger partial charge in [-0.05, 0) is 37.0 Å². The Bertz CT molecular complexity index is 870. The summed E-state index contributed by atoms with van der Waals surface area (Å²) in [6, 6.07) is 6.29. The molecular formula is C20H25ClN4O3S2. The number of anilines is 1. The third-order valence-electron chi connectivity index (χ3n) is 3.94. The lowest BCUT2D eigenvalue weighted by Crippen LogP contribution is -2.44. The first-order chi connectivity index (χ1) is 14.5. The van der Waals surface area contributed by atoms with Gasteiger partial charge in [0.05, 0.1) is 18.3 Å². The summed E-state index contributed by atoms with van der Waals surface area (Å²) in [5.41, 5.74) is 0.648. The van der Waals surface area contributed by atoms with Gasteiger partial charge in [-0.25, -0.2) is 9.97 Å². The molecule has 1 heterocycles. The molecule has 0 fully saturated rings. The molecule has 1 aromatic heterocycles. The molecule has 0 unspecified atom stereocenters. The fraction of sp³-hybridized carbons (Fsp3) is 0.400. The second kappa shape index (κ2) is 12.7. The molecule has 2 N–H and O–H groups in total. The third-order valence-corrected chi connectivity index (χ3v) is 5.93. The number of hydrogen-bond donors (Lipinski definition) is 2. The van der Waals surface area contributed by atoms with E-state index in [1.165, 1.54) is 18.0 Å². The van der Waals surface area contributed by atoms with E-state index in [1.54, 1.807) is 43.1 Å². The van der Waals surface area contributed by atoms with E-state index < -0.39 is 11.9 Å². The molecule has 10 heteroatoms. The zero-order valence-corrected chi connectivity index (χ0v) is 19.5. The van der Waals surface area contributed by atoms with Crippen LogP contribution in [0.25, 0.3) is 0 Å². The molecular weight excluding hydrogens is 444 g/mol. The highest BCUT2D eigenvalue weighted by molar-refractivity contribution is 7.99. The number of nitrogens with zero attached hydrogens (tertiary/aromatic N) is 2. The molecule has 0 radical (unpaired) electrons. The first-order valence-electron chi connectivity index (χ1n) is 9.38. The van der Waals surface area contributed by atoms with Crippen LogP contribution in [0.3, 0.4) is 0 Å². The van der Waals surface area contributed by atoms with Gasteiger partial charge in [-0.2, -0.15) is 11.8 Å². The number of hydrogen-bond acceptors (Lipinski definition) is 7. The average molecular weight is 469 g/mol. The van der Waals surface area contributed by atoms with Gasteiger partial charge in [0.15, 0.2) is 10.9 Å². The van der Waals surface area contributed by atoms with Crippen molar-refractivity contribution in [2.24, 2.45) is 0 Å². The third kappa shape index (κ3) is 7.37. The van der Waals surface area contributed by atoms with Gasteiger partial charge < -0.3 is 15.4 Å². The highest BCUT2D eigenvalue weighted by Gasteiger charge is 2.24. The molecule has 1 atom stereocenters. The van der Waals surface area contributed by atoms with Gasteiger partial charge in [-0.1, -0.05) is 36.4 Å².